The molecule has 1 aliphatic carbocycles. The van der Waals surface area contributed by atoms with E-state index < -0.39 is 0 Å². The van der Waals surface area contributed by atoms with Gasteiger partial charge in [-0.15, -0.1) is 0 Å². The molecular formula is C10H25N5. The van der Waals surface area contributed by atoms with E-state index in [1.165, 1.54) is 0 Å². The maximum Gasteiger partial charge on any atom is 0.0728 e. The fraction of sp³-hybridized carbons (Fsp3) is 1.00. The predicted octanol–water partition coefficient (Wildman–Crippen LogP) is -1.23. The third-order valence-corrected chi connectivity index (χ3v) is 3.69. The van der Waals surface area contributed by atoms with Crippen LogP contribution in [0.3, 0.4) is 0 Å². The third kappa shape index (κ3) is 2.68. The quantitative estimate of drug-likeness (QED) is 0.380. The molecule has 15 heavy (non-hydrogen) atoms. The van der Waals surface area contributed by atoms with Gasteiger partial charge >= 0.3 is 0 Å². The van der Waals surface area contributed by atoms with E-state index in [2.05, 4.69) is 21.3 Å². The molecule has 1 aliphatic rings. The van der Waals surface area contributed by atoms with Crippen molar-refractivity contribution in [3.63, 3.8) is 0 Å². The molecule has 0 saturated heterocycles. The van der Waals surface area contributed by atoms with E-state index in [1.54, 1.807) is 0 Å². The summed E-state index contributed by atoms with van der Waals surface area (Å²) in [5.41, 5.74) is 5.93. The minimum absolute atomic E-state index is 0.0797. The van der Waals surface area contributed by atoms with Gasteiger partial charge in [0, 0.05) is 12.5 Å². The topological polar surface area (TPSA) is 74.1 Å². The lowest BCUT2D eigenvalue weighted by molar-refractivity contribution is 0.0937. The van der Waals surface area contributed by atoms with Crippen molar-refractivity contribution >= 4 is 0 Å². The van der Waals surface area contributed by atoms with Crippen molar-refractivity contribution in [3.05, 3.63) is 0 Å². The Kier molecular flexibility index (Phi) is 4.08. The molecule has 0 bridgehead atoms. The molecule has 90 valence electrons. The van der Waals surface area contributed by atoms with Crippen LogP contribution in [0.1, 0.15) is 19.3 Å². The number of rotatable bonds is 4. The second kappa shape index (κ2) is 4.76. The van der Waals surface area contributed by atoms with Crippen LogP contribution in [0.15, 0.2) is 0 Å². The van der Waals surface area contributed by atoms with Gasteiger partial charge in [0.25, 0.3) is 0 Å². The molecule has 6 N–H and O–H groups in total. The van der Waals surface area contributed by atoms with Crippen LogP contribution in [0.2, 0.25) is 0 Å². The van der Waals surface area contributed by atoms with E-state index in [0.717, 1.165) is 19.3 Å². The van der Waals surface area contributed by atoms with Gasteiger partial charge < -0.3 is 27.0 Å². The minimum atomic E-state index is -0.308. The zero-order chi connectivity index (χ0) is 11.5. The lowest BCUT2D eigenvalue weighted by Crippen LogP contribution is -2.70. The van der Waals surface area contributed by atoms with E-state index in [0.29, 0.717) is 6.04 Å². The summed E-state index contributed by atoms with van der Waals surface area (Å²) in [5.74, 6) is 0. The first-order valence-corrected chi connectivity index (χ1v) is 5.56. The van der Waals surface area contributed by atoms with E-state index in [4.69, 9.17) is 5.73 Å². The third-order valence-electron chi connectivity index (χ3n) is 3.69. The SMILES string of the molecule is CNC1CC(N)(NC)CC(NC)(NC)C1. The van der Waals surface area contributed by atoms with Crippen molar-refractivity contribution in [3.8, 4) is 0 Å². The van der Waals surface area contributed by atoms with Crippen molar-refractivity contribution in [2.24, 2.45) is 5.73 Å². The Hall–Kier alpha value is -0.200. The van der Waals surface area contributed by atoms with Gasteiger partial charge in [0.05, 0.1) is 11.3 Å². The highest BCUT2D eigenvalue weighted by molar-refractivity contribution is 5.03. The molecule has 0 aromatic carbocycles. The second-order valence-electron chi connectivity index (χ2n) is 4.56. The van der Waals surface area contributed by atoms with Crippen molar-refractivity contribution < 1.29 is 0 Å². The summed E-state index contributed by atoms with van der Waals surface area (Å²) in [6, 6.07) is 0.427. The van der Waals surface area contributed by atoms with Gasteiger partial charge in [0.2, 0.25) is 0 Å². The molecule has 1 fully saturated rings. The van der Waals surface area contributed by atoms with Crippen molar-refractivity contribution in [2.45, 2.75) is 36.6 Å². The van der Waals surface area contributed by atoms with Crippen LogP contribution in [0.5, 0.6) is 0 Å². The van der Waals surface area contributed by atoms with Gasteiger partial charge in [-0.25, -0.2) is 0 Å². The molecule has 2 unspecified atom stereocenters. The van der Waals surface area contributed by atoms with Crippen LogP contribution in [0.4, 0.5) is 0 Å². The van der Waals surface area contributed by atoms with Crippen molar-refractivity contribution in [1.82, 2.24) is 21.3 Å². The van der Waals surface area contributed by atoms with Crippen LogP contribution in [0, 0.1) is 0 Å². The Labute approximate surface area is 92.6 Å². The Bertz CT molecular complexity index is 204. The first-order valence-electron chi connectivity index (χ1n) is 5.56. The second-order valence-corrected chi connectivity index (χ2v) is 4.56. The summed E-state index contributed by atoms with van der Waals surface area (Å²) >= 11 is 0. The first-order chi connectivity index (χ1) is 7.03. The highest BCUT2D eigenvalue weighted by atomic mass is 15.2. The molecule has 2 atom stereocenters. The van der Waals surface area contributed by atoms with Crippen LogP contribution < -0.4 is 27.0 Å². The molecule has 0 radical (unpaired) electrons. The molecule has 0 aromatic heterocycles. The summed E-state index contributed by atoms with van der Waals surface area (Å²) in [4.78, 5) is 0. The van der Waals surface area contributed by atoms with E-state index in [9.17, 15) is 0 Å². The number of nitrogens with one attached hydrogen (secondary N) is 4. The standard InChI is InChI=1S/C10H25N5/c1-12-8-5-9(11,13-2)7-10(6-8,14-3)15-4/h8,12-15H,5-7,11H2,1-4H3. The number of hydrogen-bond donors (Lipinski definition) is 5. The zero-order valence-corrected chi connectivity index (χ0v) is 10.3. The fourth-order valence-electron chi connectivity index (χ4n) is 2.52. The summed E-state index contributed by atoms with van der Waals surface area (Å²) in [6.45, 7) is 0. The average molecular weight is 215 g/mol. The van der Waals surface area contributed by atoms with Gasteiger partial charge in [-0.1, -0.05) is 0 Å². The molecule has 1 rings (SSSR count). The molecule has 0 amide bonds. The van der Waals surface area contributed by atoms with Gasteiger partial charge in [0.1, 0.15) is 0 Å². The van der Waals surface area contributed by atoms with Gasteiger partial charge in [-0.2, -0.15) is 0 Å². The number of hydrogen-bond acceptors (Lipinski definition) is 5. The first kappa shape index (κ1) is 12.9. The monoisotopic (exact) mass is 215 g/mol. The average Bonchev–Trinajstić information content (AvgIpc) is 2.28. The van der Waals surface area contributed by atoms with Crippen molar-refractivity contribution in [2.75, 3.05) is 28.2 Å². The van der Waals surface area contributed by atoms with E-state index >= 15 is 0 Å². The molecule has 0 spiro atoms. The summed E-state index contributed by atoms with van der Waals surface area (Å²) in [7, 11) is 7.87. The summed E-state index contributed by atoms with van der Waals surface area (Å²) in [6.07, 6.45) is 2.86. The molecule has 5 nitrogen and oxygen atoms in total. The van der Waals surface area contributed by atoms with Crippen LogP contribution in [0.25, 0.3) is 0 Å². The molecule has 0 aromatic rings. The molecule has 0 aliphatic heterocycles. The molecule has 1 saturated carbocycles. The van der Waals surface area contributed by atoms with E-state index in [-0.39, 0.29) is 11.3 Å². The summed E-state index contributed by atoms with van der Waals surface area (Å²) < 4.78 is 0. The van der Waals surface area contributed by atoms with Gasteiger partial charge in [-0.3, -0.25) is 0 Å². The highest BCUT2D eigenvalue weighted by Gasteiger charge is 2.44. The Morgan fingerprint density at radius 2 is 1.60 bits per heavy atom. The van der Waals surface area contributed by atoms with Crippen LogP contribution in [-0.4, -0.2) is 45.6 Å². The molecule has 0 heterocycles. The smallest absolute Gasteiger partial charge is 0.0728 e. The normalized spacial score (nSPS) is 35.4. The summed E-state index contributed by atoms with van der Waals surface area (Å²) in [5, 5.41) is 13.2. The lowest BCUT2D eigenvalue weighted by atomic mass is 9.78. The Balaban J connectivity index is 2.83. The van der Waals surface area contributed by atoms with Crippen LogP contribution in [-0.2, 0) is 0 Å². The van der Waals surface area contributed by atoms with Gasteiger partial charge in [-0.05, 0) is 41.0 Å². The van der Waals surface area contributed by atoms with Crippen molar-refractivity contribution in [1.29, 1.82) is 0 Å². The Morgan fingerprint density at radius 3 is 2.00 bits per heavy atom. The van der Waals surface area contributed by atoms with Crippen LogP contribution >= 0.6 is 0 Å². The Morgan fingerprint density at radius 1 is 1.00 bits per heavy atom. The van der Waals surface area contributed by atoms with E-state index in [1.807, 2.05) is 28.2 Å². The largest absolute Gasteiger partial charge is 0.317 e. The maximum atomic E-state index is 6.32. The molecule has 5 heteroatoms. The highest BCUT2D eigenvalue weighted by Crippen LogP contribution is 2.30. The predicted molar refractivity (Wildman–Crippen MR) is 63.5 cm³/mol. The lowest BCUT2D eigenvalue weighted by Gasteiger charge is -2.49. The minimum Gasteiger partial charge on any atom is -0.317 e. The molecular weight excluding hydrogens is 190 g/mol. The maximum absolute atomic E-state index is 6.32. The fourth-order valence-corrected chi connectivity index (χ4v) is 2.52. The van der Waals surface area contributed by atoms with Gasteiger partial charge in [0.15, 0.2) is 0 Å². The number of nitrogens with two attached hydrogens (primary N) is 1. The zero-order valence-electron chi connectivity index (χ0n) is 10.3.